The first kappa shape index (κ1) is 16.0. The molecule has 0 unspecified atom stereocenters. The first-order chi connectivity index (χ1) is 10.3. The Kier molecular flexibility index (Phi) is 5.17. The van der Waals surface area contributed by atoms with Crippen molar-refractivity contribution >= 4 is 34.8 Å². The number of benzene rings is 2. The van der Waals surface area contributed by atoms with E-state index in [1.165, 1.54) is 0 Å². The van der Waals surface area contributed by atoms with Crippen LogP contribution in [0, 0.1) is 6.92 Å². The van der Waals surface area contributed by atoms with Crippen molar-refractivity contribution in [2.24, 2.45) is 0 Å². The molecule has 1 N–H and O–H groups in total. The van der Waals surface area contributed by atoms with E-state index in [9.17, 15) is 0 Å². The van der Waals surface area contributed by atoms with Gasteiger partial charge in [0.15, 0.2) is 0 Å². The SMILES string of the molecule is CCOc1ccc(Nc2nc(C)nc3ccccc23)cc1.Cl. The minimum absolute atomic E-state index is 0. The molecule has 0 radical (unpaired) electrons. The molecule has 1 heterocycles. The molecule has 0 atom stereocenters. The van der Waals surface area contributed by atoms with Gasteiger partial charge in [-0.25, -0.2) is 9.97 Å². The van der Waals surface area contributed by atoms with Crippen molar-refractivity contribution < 1.29 is 4.74 Å². The molecule has 0 aliphatic carbocycles. The molecule has 0 aliphatic rings. The Hall–Kier alpha value is -2.33. The first-order valence-corrected chi connectivity index (χ1v) is 6.99. The third kappa shape index (κ3) is 3.46. The molecule has 22 heavy (non-hydrogen) atoms. The number of aryl methyl sites for hydroxylation is 1. The molecule has 0 fully saturated rings. The number of rotatable bonds is 4. The average Bonchev–Trinajstić information content (AvgIpc) is 2.49. The van der Waals surface area contributed by atoms with Crippen LogP contribution in [0.4, 0.5) is 11.5 Å². The van der Waals surface area contributed by atoms with E-state index in [0.29, 0.717) is 6.61 Å². The highest BCUT2D eigenvalue weighted by Crippen LogP contribution is 2.24. The largest absolute Gasteiger partial charge is 0.494 e. The number of fused-ring (bicyclic) bond motifs is 1. The van der Waals surface area contributed by atoms with Gasteiger partial charge in [-0.05, 0) is 50.2 Å². The summed E-state index contributed by atoms with van der Waals surface area (Å²) in [5.41, 5.74) is 1.92. The zero-order valence-corrected chi connectivity index (χ0v) is 13.4. The number of aromatic nitrogens is 2. The molecule has 2 aromatic carbocycles. The summed E-state index contributed by atoms with van der Waals surface area (Å²) in [4.78, 5) is 8.95. The second kappa shape index (κ2) is 7.09. The molecule has 0 saturated carbocycles. The van der Waals surface area contributed by atoms with E-state index in [1.54, 1.807) is 0 Å². The van der Waals surface area contributed by atoms with Gasteiger partial charge in [0, 0.05) is 11.1 Å². The van der Waals surface area contributed by atoms with Gasteiger partial charge in [-0.15, -0.1) is 12.4 Å². The maximum atomic E-state index is 5.45. The number of anilines is 2. The Bertz CT molecular complexity index is 759. The van der Waals surface area contributed by atoms with Gasteiger partial charge in [0.2, 0.25) is 0 Å². The Labute approximate surface area is 136 Å². The van der Waals surface area contributed by atoms with Gasteiger partial charge in [-0.1, -0.05) is 12.1 Å². The zero-order valence-electron chi connectivity index (χ0n) is 12.5. The smallest absolute Gasteiger partial charge is 0.142 e. The lowest BCUT2D eigenvalue weighted by Gasteiger charge is -2.10. The topological polar surface area (TPSA) is 47.0 Å². The number of halogens is 1. The van der Waals surface area contributed by atoms with Crippen LogP contribution in [0.1, 0.15) is 12.7 Å². The van der Waals surface area contributed by atoms with Crippen LogP contribution in [-0.2, 0) is 0 Å². The summed E-state index contributed by atoms with van der Waals surface area (Å²) >= 11 is 0. The molecule has 0 bridgehead atoms. The van der Waals surface area contributed by atoms with E-state index in [1.807, 2.05) is 62.4 Å². The molecule has 1 aromatic heterocycles. The van der Waals surface area contributed by atoms with Crippen LogP contribution in [0.25, 0.3) is 10.9 Å². The number of ether oxygens (including phenoxy) is 1. The van der Waals surface area contributed by atoms with Gasteiger partial charge in [-0.3, -0.25) is 0 Å². The van der Waals surface area contributed by atoms with Gasteiger partial charge in [0.1, 0.15) is 17.4 Å². The summed E-state index contributed by atoms with van der Waals surface area (Å²) in [6.45, 7) is 4.54. The quantitative estimate of drug-likeness (QED) is 0.770. The summed E-state index contributed by atoms with van der Waals surface area (Å²) in [5, 5.41) is 4.36. The number of hydrogen-bond acceptors (Lipinski definition) is 4. The van der Waals surface area contributed by atoms with Crippen LogP contribution >= 0.6 is 12.4 Å². The summed E-state index contributed by atoms with van der Waals surface area (Å²) in [5.74, 6) is 2.44. The van der Waals surface area contributed by atoms with Crippen LogP contribution in [0.5, 0.6) is 5.75 Å². The molecule has 5 heteroatoms. The van der Waals surface area contributed by atoms with Crippen LogP contribution < -0.4 is 10.1 Å². The van der Waals surface area contributed by atoms with E-state index in [2.05, 4.69) is 15.3 Å². The van der Waals surface area contributed by atoms with Crippen LogP contribution in [-0.4, -0.2) is 16.6 Å². The minimum Gasteiger partial charge on any atom is -0.494 e. The maximum absolute atomic E-state index is 5.45. The average molecular weight is 316 g/mol. The van der Waals surface area contributed by atoms with Gasteiger partial charge in [-0.2, -0.15) is 0 Å². The molecule has 3 aromatic rings. The third-order valence-corrected chi connectivity index (χ3v) is 3.14. The van der Waals surface area contributed by atoms with E-state index < -0.39 is 0 Å². The van der Waals surface area contributed by atoms with Crippen molar-refractivity contribution in [3.8, 4) is 5.75 Å². The number of para-hydroxylation sites is 1. The normalized spacial score (nSPS) is 10.1. The number of nitrogens with one attached hydrogen (secondary N) is 1. The van der Waals surface area contributed by atoms with E-state index >= 15 is 0 Å². The third-order valence-electron chi connectivity index (χ3n) is 3.14. The Morgan fingerprint density at radius 1 is 1.00 bits per heavy atom. The van der Waals surface area contributed by atoms with Crippen molar-refractivity contribution in [3.05, 3.63) is 54.4 Å². The van der Waals surface area contributed by atoms with Crippen LogP contribution in [0.3, 0.4) is 0 Å². The maximum Gasteiger partial charge on any atom is 0.142 e. The molecule has 0 amide bonds. The fraction of sp³-hybridized carbons (Fsp3) is 0.176. The summed E-state index contributed by atoms with van der Waals surface area (Å²) in [6.07, 6.45) is 0. The number of hydrogen-bond donors (Lipinski definition) is 1. The fourth-order valence-electron chi connectivity index (χ4n) is 2.23. The predicted octanol–water partition coefficient (Wildman–Crippen LogP) is 4.50. The Morgan fingerprint density at radius 2 is 1.73 bits per heavy atom. The molecule has 3 rings (SSSR count). The molecule has 4 nitrogen and oxygen atoms in total. The second-order valence-electron chi connectivity index (χ2n) is 4.72. The monoisotopic (exact) mass is 315 g/mol. The standard InChI is InChI=1S/C17H17N3O.ClH/c1-3-21-14-10-8-13(9-11-14)20-17-15-6-4-5-7-16(15)18-12(2)19-17;/h4-11H,3H2,1-2H3,(H,18,19,20);1H. The summed E-state index contributed by atoms with van der Waals surface area (Å²) in [6, 6.07) is 15.8. The first-order valence-electron chi connectivity index (χ1n) is 6.99. The van der Waals surface area contributed by atoms with E-state index in [0.717, 1.165) is 34.0 Å². The Balaban J connectivity index is 0.00000176. The highest BCUT2D eigenvalue weighted by atomic mass is 35.5. The summed E-state index contributed by atoms with van der Waals surface area (Å²) in [7, 11) is 0. The molecular weight excluding hydrogens is 298 g/mol. The molecule has 0 aliphatic heterocycles. The zero-order chi connectivity index (χ0) is 14.7. The fourth-order valence-corrected chi connectivity index (χ4v) is 2.23. The van der Waals surface area contributed by atoms with Crippen LogP contribution in [0.15, 0.2) is 48.5 Å². The Morgan fingerprint density at radius 3 is 2.45 bits per heavy atom. The van der Waals surface area contributed by atoms with Crippen molar-refractivity contribution in [2.45, 2.75) is 13.8 Å². The van der Waals surface area contributed by atoms with Gasteiger partial charge < -0.3 is 10.1 Å². The van der Waals surface area contributed by atoms with E-state index in [-0.39, 0.29) is 12.4 Å². The van der Waals surface area contributed by atoms with Crippen molar-refractivity contribution in [3.63, 3.8) is 0 Å². The van der Waals surface area contributed by atoms with Gasteiger partial charge in [0.05, 0.1) is 12.1 Å². The highest BCUT2D eigenvalue weighted by molar-refractivity contribution is 5.90. The predicted molar refractivity (Wildman–Crippen MR) is 92.4 cm³/mol. The van der Waals surface area contributed by atoms with Gasteiger partial charge in [0.25, 0.3) is 0 Å². The van der Waals surface area contributed by atoms with Crippen molar-refractivity contribution in [1.29, 1.82) is 0 Å². The molecule has 0 saturated heterocycles. The molecular formula is C17H18ClN3O. The number of nitrogens with zero attached hydrogens (tertiary/aromatic N) is 2. The second-order valence-corrected chi connectivity index (χ2v) is 4.72. The summed E-state index contributed by atoms with van der Waals surface area (Å²) < 4.78 is 5.45. The van der Waals surface area contributed by atoms with E-state index in [4.69, 9.17) is 4.74 Å². The molecule has 0 spiro atoms. The lowest BCUT2D eigenvalue weighted by atomic mass is 10.2. The minimum atomic E-state index is 0. The van der Waals surface area contributed by atoms with Crippen LogP contribution in [0.2, 0.25) is 0 Å². The highest BCUT2D eigenvalue weighted by Gasteiger charge is 2.05. The van der Waals surface area contributed by atoms with Crippen molar-refractivity contribution in [1.82, 2.24) is 9.97 Å². The lowest BCUT2D eigenvalue weighted by molar-refractivity contribution is 0.340. The molecule has 114 valence electrons. The lowest BCUT2D eigenvalue weighted by Crippen LogP contribution is -1.99. The van der Waals surface area contributed by atoms with Crippen molar-refractivity contribution in [2.75, 3.05) is 11.9 Å². The van der Waals surface area contributed by atoms with Gasteiger partial charge >= 0.3 is 0 Å².